The average Bonchev–Trinajstić information content (AvgIpc) is 3.26. The fourth-order valence-electron chi connectivity index (χ4n) is 2.75. The Bertz CT molecular complexity index is 1110. The highest BCUT2D eigenvalue weighted by molar-refractivity contribution is 5.89. The van der Waals surface area contributed by atoms with Gasteiger partial charge in [-0.1, -0.05) is 30.3 Å². The van der Waals surface area contributed by atoms with Crippen molar-refractivity contribution in [2.24, 2.45) is 0 Å². The monoisotopic (exact) mass is 401 g/mol. The zero-order valence-corrected chi connectivity index (χ0v) is 16.0. The normalized spacial score (nSPS) is 10.5. The molecule has 4 rings (SSSR count). The van der Waals surface area contributed by atoms with Gasteiger partial charge in [0.05, 0.1) is 12.1 Å². The maximum atomic E-state index is 12.3. The Kier molecular flexibility index (Phi) is 5.61. The van der Waals surface area contributed by atoms with Gasteiger partial charge in [0.1, 0.15) is 0 Å². The van der Waals surface area contributed by atoms with E-state index in [0.29, 0.717) is 12.1 Å². The minimum absolute atomic E-state index is 0.0393. The van der Waals surface area contributed by atoms with Gasteiger partial charge < -0.3 is 15.8 Å². The first kappa shape index (κ1) is 19.1. The van der Waals surface area contributed by atoms with Crippen molar-refractivity contribution in [1.29, 1.82) is 0 Å². The van der Waals surface area contributed by atoms with Crippen LogP contribution in [0.15, 0.2) is 73.1 Å². The van der Waals surface area contributed by atoms with Crippen LogP contribution in [0.25, 0.3) is 0 Å². The van der Waals surface area contributed by atoms with Crippen molar-refractivity contribution in [1.82, 2.24) is 24.7 Å². The van der Waals surface area contributed by atoms with Gasteiger partial charge in [-0.2, -0.15) is 20.1 Å². The lowest BCUT2D eigenvalue weighted by atomic mass is 10.1. The maximum Gasteiger partial charge on any atom is 0.338 e. The lowest BCUT2D eigenvalue weighted by Crippen LogP contribution is -2.11. The number of esters is 1. The number of nitrogens with one attached hydrogen (secondary N) is 1. The van der Waals surface area contributed by atoms with E-state index >= 15 is 0 Å². The molecule has 0 aliphatic carbocycles. The number of para-hydroxylation sites is 1. The zero-order chi connectivity index (χ0) is 20.8. The number of hydrogen-bond donors (Lipinski definition) is 2. The van der Waals surface area contributed by atoms with Gasteiger partial charge in [-0.15, -0.1) is 0 Å². The van der Waals surface area contributed by atoms with Crippen LogP contribution in [0.2, 0.25) is 0 Å². The van der Waals surface area contributed by atoms with E-state index < -0.39 is 5.97 Å². The van der Waals surface area contributed by atoms with Crippen molar-refractivity contribution >= 4 is 23.6 Å². The minimum Gasteiger partial charge on any atom is -0.454 e. The molecule has 0 radical (unpaired) electrons. The molecule has 0 saturated heterocycles. The summed E-state index contributed by atoms with van der Waals surface area (Å²) in [5, 5.41) is 7.20. The van der Waals surface area contributed by atoms with E-state index in [4.69, 9.17) is 10.5 Å². The van der Waals surface area contributed by atoms with Crippen molar-refractivity contribution in [3.8, 4) is 0 Å². The third-order valence-electron chi connectivity index (χ3n) is 4.15. The SMILES string of the molecule is Nc1nc(COC(=O)c2ccc(Cn3cccn3)cc2)nc(Nc2ccccc2)n1. The van der Waals surface area contributed by atoms with Crippen LogP contribution in [0.1, 0.15) is 21.7 Å². The average molecular weight is 401 g/mol. The number of nitrogens with zero attached hydrogens (tertiary/aromatic N) is 5. The van der Waals surface area contributed by atoms with E-state index in [9.17, 15) is 4.79 Å². The van der Waals surface area contributed by atoms with E-state index in [2.05, 4.69) is 25.4 Å². The largest absolute Gasteiger partial charge is 0.454 e. The zero-order valence-electron chi connectivity index (χ0n) is 16.0. The van der Waals surface area contributed by atoms with Gasteiger partial charge in [0.2, 0.25) is 11.9 Å². The first-order valence-electron chi connectivity index (χ1n) is 9.22. The number of ether oxygens (including phenoxy) is 1. The molecule has 30 heavy (non-hydrogen) atoms. The summed E-state index contributed by atoms with van der Waals surface area (Å²) in [6.45, 7) is 0.508. The topological polar surface area (TPSA) is 121 Å². The van der Waals surface area contributed by atoms with Crippen molar-refractivity contribution in [2.45, 2.75) is 13.2 Å². The summed E-state index contributed by atoms with van der Waals surface area (Å²) in [5.41, 5.74) is 8.02. The number of carbonyl (C=O) groups is 1. The van der Waals surface area contributed by atoms with Gasteiger partial charge in [0.15, 0.2) is 12.4 Å². The number of anilines is 3. The van der Waals surface area contributed by atoms with Crippen LogP contribution in [0, 0.1) is 0 Å². The fraction of sp³-hybridized carbons (Fsp3) is 0.0952. The molecular formula is C21H19N7O2. The number of nitrogens with two attached hydrogens (primary N) is 1. The van der Waals surface area contributed by atoms with E-state index in [-0.39, 0.29) is 24.3 Å². The fourth-order valence-corrected chi connectivity index (χ4v) is 2.75. The Balaban J connectivity index is 1.37. The molecule has 0 aliphatic rings. The highest BCUT2D eigenvalue weighted by Gasteiger charge is 2.11. The molecule has 9 nitrogen and oxygen atoms in total. The Labute approximate surface area is 172 Å². The first-order chi connectivity index (χ1) is 14.7. The van der Waals surface area contributed by atoms with Crippen LogP contribution in [0.3, 0.4) is 0 Å². The first-order valence-corrected chi connectivity index (χ1v) is 9.22. The summed E-state index contributed by atoms with van der Waals surface area (Å²) in [4.78, 5) is 24.7. The van der Waals surface area contributed by atoms with E-state index in [1.165, 1.54) is 0 Å². The Morgan fingerprint density at radius 2 is 1.80 bits per heavy atom. The van der Waals surface area contributed by atoms with Crippen LogP contribution >= 0.6 is 0 Å². The molecule has 2 heterocycles. The van der Waals surface area contributed by atoms with Crippen LogP contribution in [0.5, 0.6) is 0 Å². The standard InChI is InChI=1S/C21H19N7O2/c22-20-25-18(26-21(27-20)24-17-5-2-1-3-6-17)14-30-19(29)16-9-7-15(8-10-16)13-28-12-4-11-23-28/h1-12H,13-14H2,(H3,22,24,25,26,27). The molecule has 0 amide bonds. The second-order valence-corrected chi connectivity index (χ2v) is 6.40. The molecule has 4 aromatic rings. The summed E-state index contributed by atoms with van der Waals surface area (Å²) in [6, 6.07) is 18.4. The van der Waals surface area contributed by atoms with E-state index in [0.717, 1.165) is 11.3 Å². The van der Waals surface area contributed by atoms with Crippen LogP contribution in [0.4, 0.5) is 17.6 Å². The molecule has 150 valence electrons. The number of carbonyl (C=O) groups excluding carboxylic acids is 1. The predicted octanol–water partition coefficient (Wildman–Crippen LogP) is 2.80. The summed E-state index contributed by atoms with van der Waals surface area (Å²) in [6.07, 6.45) is 3.60. The van der Waals surface area contributed by atoms with Gasteiger partial charge in [-0.3, -0.25) is 4.68 Å². The molecular weight excluding hydrogens is 382 g/mol. The predicted molar refractivity (Wildman–Crippen MR) is 111 cm³/mol. The maximum absolute atomic E-state index is 12.3. The Morgan fingerprint density at radius 3 is 2.53 bits per heavy atom. The van der Waals surface area contributed by atoms with Crippen molar-refractivity contribution in [2.75, 3.05) is 11.1 Å². The summed E-state index contributed by atoms with van der Waals surface area (Å²) in [7, 11) is 0. The Morgan fingerprint density at radius 1 is 1.00 bits per heavy atom. The molecule has 0 fully saturated rings. The molecule has 0 atom stereocenters. The molecule has 0 spiro atoms. The second kappa shape index (κ2) is 8.82. The lowest BCUT2D eigenvalue weighted by molar-refractivity contribution is 0.0462. The van der Waals surface area contributed by atoms with Gasteiger partial charge in [-0.25, -0.2) is 4.79 Å². The molecule has 9 heteroatoms. The molecule has 3 N–H and O–H groups in total. The van der Waals surface area contributed by atoms with Gasteiger partial charge in [0, 0.05) is 18.1 Å². The minimum atomic E-state index is -0.475. The van der Waals surface area contributed by atoms with Crippen molar-refractivity contribution in [3.05, 3.63) is 90.0 Å². The number of hydrogen-bond acceptors (Lipinski definition) is 8. The number of aromatic nitrogens is 5. The molecule has 2 aromatic heterocycles. The summed E-state index contributed by atoms with van der Waals surface area (Å²) >= 11 is 0. The number of nitrogen functional groups attached to an aromatic ring is 1. The summed E-state index contributed by atoms with van der Waals surface area (Å²) in [5.74, 6) is 0.0990. The molecule has 0 bridgehead atoms. The Hall–Kier alpha value is -4.27. The van der Waals surface area contributed by atoms with Gasteiger partial charge >= 0.3 is 5.97 Å². The molecule has 2 aromatic carbocycles. The van der Waals surface area contributed by atoms with E-state index in [1.54, 1.807) is 23.0 Å². The van der Waals surface area contributed by atoms with Gasteiger partial charge in [0.25, 0.3) is 0 Å². The highest BCUT2D eigenvalue weighted by Crippen LogP contribution is 2.14. The quantitative estimate of drug-likeness (QED) is 0.454. The van der Waals surface area contributed by atoms with E-state index in [1.807, 2.05) is 54.7 Å². The summed E-state index contributed by atoms with van der Waals surface area (Å²) < 4.78 is 7.13. The highest BCUT2D eigenvalue weighted by atomic mass is 16.5. The number of rotatable bonds is 7. The third kappa shape index (κ3) is 4.96. The van der Waals surface area contributed by atoms with Crippen molar-refractivity contribution < 1.29 is 9.53 Å². The molecule has 0 saturated carbocycles. The van der Waals surface area contributed by atoms with Crippen molar-refractivity contribution in [3.63, 3.8) is 0 Å². The van der Waals surface area contributed by atoms with Crippen LogP contribution in [-0.2, 0) is 17.9 Å². The third-order valence-corrected chi connectivity index (χ3v) is 4.15. The molecule has 0 aliphatic heterocycles. The number of benzene rings is 2. The van der Waals surface area contributed by atoms with Crippen LogP contribution < -0.4 is 11.1 Å². The molecule has 0 unspecified atom stereocenters. The lowest BCUT2D eigenvalue weighted by Gasteiger charge is -2.08. The van der Waals surface area contributed by atoms with Gasteiger partial charge in [-0.05, 0) is 35.9 Å². The van der Waals surface area contributed by atoms with Crippen LogP contribution in [-0.4, -0.2) is 30.7 Å². The smallest absolute Gasteiger partial charge is 0.338 e. The second-order valence-electron chi connectivity index (χ2n) is 6.40.